The zero-order valence-corrected chi connectivity index (χ0v) is 18.2. The van der Waals surface area contributed by atoms with E-state index in [0.29, 0.717) is 30.4 Å². The number of carbonyl (C=O) groups excluding carboxylic acids is 1. The van der Waals surface area contributed by atoms with Gasteiger partial charge in [-0.15, -0.1) is 0 Å². The summed E-state index contributed by atoms with van der Waals surface area (Å²) in [6.45, 7) is 6.02. The number of carbonyl (C=O) groups is 1. The molecule has 2 N–H and O–H groups in total. The lowest BCUT2D eigenvalue weighted by atomic mass is 10.2. The molecule has 0 bridgehead atoms. The fourth-order valence-corrected chi connectivity index (χ4v) is 3.18. The molecule has 1 unspecified atom stereocenters. The number of nitrogens with one attached hydrogen (secondary N) is 2. The molecule has 2 aromatic carbocycles. The molecule has 1 heterocycles. The first kappa shape index (κ1) is 22.1. The molecule has 1 atom stereocenters. The summed E-state index contributed by atoms with van der Waals surface area (Å²) in [4.78, 5) is 12.6. The maximum Gasteiger partial charge on any atom is 0.261 e. The molecule has 1 aliphatic rings. The average Bonchev–Trinajstić information content (AvgIpc) is 3.25. The second-order valence-electron chi connectivity index (χ2n) is 7.58. The van der Waals surface area contributed by atoms with E-state index in [9.17, 15) is 4.79 Å². The molecule has 30 heavy (non-hydrogen) atoms. The Morgan fingerprint density at radius 3 is 2.63 bits per heavy atom. The van der Waals surface area contributed by atoms with Crippen molar-refractivity contribution in [3.63, 3.8) is 0 Å². The van der Waals surface area contributed by atoms with Crippen LogP contribution in [0.3, 0.4) is 0 Å². The Labute approximate surface area is 182 Å². The fourth-order valence-electron chi connectivity index (χ4n) is 2.97. The predicted molar refractivity (Wildman–Crippen MR) is 121 cm³/mol. The Hall–Kier alpha value is -2.64. The van der Waals surface area contributed by atoms with Crippen molar-refractivity contribution in [1.82, 2.24) is 5.32 Å². The number of ether oxygens (including phenoxy) is 3. The lowest BCUT2D eigenvalue weighted by Gasteiger charge is -2.14. The summed E-state index contributed by atoms with van der Waals surface area (Å²) in [7, 11) is 0. The van der Waals surface area contributed by atoms with Gasteiger partial charge in [0.1, 0.15) is 18.1 Å². The smallest absolute Gasteiger partial charge is 0.261 e. The molecular formula is C23H28N2O4S. The quantitative estimate of drug-likeness (QED) is 0.607. The Morgan fingerprint density at radius 1 is 1.17 bits per heavy atom. The molecule has 0 saturated carbocycles. The van der Waals surface area contributed by atoms with Gasteiger partial charge in [0, 0.05) is 12.3 Å². The highest BCUT2D eigenvalue weighted by molar-refractivity contribution is 7.80. The molecule has 0 radical (unpaired) electrons. The van der Waals surface area contributed by atoms with Crippen LogP contribution in [0.25, 0.3) is 0 Å². The van der Waals surface area contributed by atoms with Crippen molar-refractivity contribution in [3.8, 4) is 11.5 Å². The second-order valence-corrected chi connectivity index (χ2v) is 7.99. The molecule has 7 heteroatoms. The number of rotatable bonds is 8. The monoisotopic (exact) mass is 428 g/mol. The standard InChI is InChI=1S/C23H28N2O4S/c1-16(2)14-29-21-8-4-3-7-20(21)22(26)25-23(30)24-17-9-11-18(12-10-17)28-15-19-6-5-13-27-19/h3-4,7-12,16,19H,5-6,13-15H2,1-2H3,(H2,24,25,26,30). The number of anilines is 1. The molecule has 3 rings (SSSR count). The van der Waals surface area contributed by atoms with Gasteiger partial charge in [0.15, 0.2) is 5.11 Å². The van der Waals surface area contributed by atoms with E-state index in [-0.39, 0.29) is 17.1 Å². The minimum atomic E-state index is -0.316. The van der Waals surface area contributed by atoms with Crippen LogP contribution in [-0.2, 0) is 4.74 Å². The molecule has 0 spiro atoms. The van der Waals surface area contributed by atoms with Crippen molar-refractivity contribution in [1.29, 1.82) is 0 Å². The zero-order chi connectivity index (χ0) is 21.3. The van der Waals surface area contributed by atoms with E-state index in [2.05, 4.69) is 24.5 Å². The van der Waals surface area contributed by atoms with E-state index in [4.69, 9.17) is 26.4 Å². The lowest BCUT2D eigenvalue weighted by molar-refractivity contribution is 0.0679. The Balaban J connectivity index is 1.51. The molecule has 160 valence electrons. The van der Waals surface area contributed by atoms with Crippen molar-refractivity contribution < 1.29 is 19.0 Å². The average molecular weight is 429 g/mol. The SMILES string of the molecule is CC(C)COc1ccccc1C(=O)NC(=S)Nc1ccc(OCC2CCCO2)cc1. The van der Waals surface area contributed by atoms with Gasteiger partial charge in [0.05, 0.1) is 18.3 Å². The largest absolute Gasteiger partial charge is 0.492 e. The van der Waals surface area contributed by atoms with Crippen LogP contribution >= 0.6 is 12.2 Å². The summed E-state index contributed by atoms with van der Waals surface area (Å²) in [5.41, 5.74) is 1.20. The number of hydrogen-bond donors (Lipinski definition) is 2. The minimum Gasteiger partial charge on any atom is -0.492 e. The molecule has 0 aliphatic carbocycles. The molecule has 1 fully saturated rings. The van der Waals surface area contributed by atoms with Gasteiger partial charge in [-0.1, -0.05) is 26.0 Å². The number of para-hydroxylation sites is 1. The third-order valence-electron chi connectivity index (χ3n) is 4.50. The maximum atomic E-state index is 12.6. The van der Waals surface area contributed by atoms with Crippen LogP contribution in [0.4, 0.5) is 5.69 Å². The number of hydrogen-bond acceptors (Lipinski definition) is 5. The summed E-state index contributed by atoms with van der Waals surface area (Å²) in [6, 6.07) is 14.5. The molecular weight excluding hydrogens is 400 g/mol. The fraction of sp³-hybridized carbons (Fsp3) is 0.391. The van der Waals surface area contributed by atoms with Crippen molar-refractivity contribution in [2.75, 3.05) is 25.1 Å². The van der Waals surface area contributed by atoms with E-state index >= 15 is 0 Å². The van der Waals surface area contributed by atoms with Gasteiger partial charge in [-0.2, -0.15) is 0 Å². The summed E-state index contributed by atoms with van der Waals surface area (Å²) in [5.74, 6) is 1.35. The van der Waals surface area contributed by atoms with Crippen LogP contribution in [0, 0.1) is 5.92 Å². The van der Waals surface area contributed by atoms with Gasteiger partial charge in [-0.3, -0.25) is 10.1 Å². The molecule has 6 nitrogen and oxygen atoms in total. The van der Waals surface area contributed by atoms with Crippen molar-refractivity contribution in [3.05, 3.63) is 54.1 Å². The van der Waals surface area contributed by atoms with Gasteiger partial charge < -0.3 is 19.5 Å². The van der Waals surface area contributed by atoms with Crippen LogP contribution in [0.1, 0.15) is 37.0 Å². The van der Waals surface area contributed by atoms with Gasteiger partial charge in [-0.05, 0) is 67.4 Å². The number of thiocarbonyl (C=S) groups is 1. The first-order valence-corrected chi connectivity index (χ1v) is 10.6. The maximum absolute atomic E-state index is 12.6. The summed E-state index contributed by atoms with van der Waals surface area (Å²) >= 11 is 5.29. The van der Waals surface area contributed by atoms with E-state index < -0.39 is 0 Å². The summed E-state index contributed by atoms with van der Waals surface area (Å²) in [6.07, 6.45) is 2.31. The highest BCUT2D eigenvalue weighted by Gasteiger charge is 2.16. The number of amides is 1. The minimum absolute atomic E-state index is 0.179. The van der Waals surface area contributed by atoms with Gasteiger partial charge in [0.2, 0.25) is 0 Å². The third kappa shape index (κ3) is 6.71. The molecule has 1 aliphatic heterocycles. The van der Waals surface area contributed by atoms with Gasteiger partial charge in [-0.25, -0.2) is 0 Å². The van der Waals surface area contributed by atoms with Crippen LogP contribution in [0.5, 0.6) is 11.5 Å². The Kier molecular flexibility index (Phi) is 8.04. The zero-order valence-electron chi connectivity index (χ0n) is 17.4. The lowest BCUT2D eigenvalue weighted by Crippen LogP contribution is -2.34. The Morgan fingerprint density at radius 2 is 1.93 bits per heavy atom. The third-order valence-corrected chi connectivity index (χ3v) is 4.71. The first-order chi connectivity index (χ1) is 14.5. The molecule has 2 aromatic rings. The van der Waals surface area contributed by atoms with Crippen molar-refractivity contribution in [2.45, 2.75) is 32.8 Å². The second kappa shape index (κ2) is 10.9. The highest BCUT2D eigenvalue weighted by atomic mass is 32.1. The van der Waals surface area contributed by atoms with Crippen molar-refractivity contribution >= 4 is 28.9 Å². The van der Waals surface area contributed by atoms with E-state index in [1.807, 2.05) is 30.3 Å². The van der Waals surface area contributed by atoms with Crippen molar-refractivity contribution in [2.24, 2.45) is 5.92 Å². The topological polar surface area (TPSA) is 68.8 Å². The molecule has 0 aromatic heterocycles. The van der Waals surface area contributed by atoms with E-state index in [1.165, 1.54) is 0 Å². The molecule has 1 amide bonds. The van der Waals surface area contributed by atoms with Crippen LogP contribution in [-0.4, -0.2) is 36.9 Å². The molecule has 1 saturated heterocycles. The summed E-state index contributed by atoms with van der Waals surface area (Å²) < 4.78 is 17.1. The van der Waals surface area contributed by atoms with E-state index in [1.54, 1.807) is 18.2 Å². The van der Waals surface area contributed by atoms with Gasteiger partial charge in [0.25, 0.3) is 5.91 Å². The van der Waals surface area contributed by atoms with E-state index in [0.717, 1.165) is 30.9 Å². The van der Waals surface area contributed by atoms with Gasteiger partial charge >= 0.3 is 0 Å². The number of benzene rings is 2. The van der Waals surface area contributed by atoms with Crippen LogP contribution < -0.4 is 20.1 Å². The first-order valence-electron chi connectivity index (χ1n) is 10.2. The van der Waals surface area contributed by atoms with Crippen LogP contribution in [0.15, 0.2) is 48.5 Å². The summed E-state index contributed by atoms with van der Waals surface area (Å²) in [5, 5.41) is 5.93. The highest BCUT2D eigenvalue weighted by Crippen LogP contribution is 2.20. The predicted octanol–water partition coefficient (Wildman–Crippen LogP) is 4.41. The normalized spacial score (nSPS) is 15.6. The van der Waals surface area contributed by atoms with Crippen LogP contribution in [0.2, 0.25) is 0 Å². The Bertz CT molecular complexity index is 849.